The molecule has 1 N–H and O–H groups in total. The second-order valence-electron chi connectivity index (χ2n) is 7.91. The first-order valence-electron chi connectivity index (χ1n) is 10.1. The number of sulfonamides is 1. The molecule has 32 heavy (non-hydrogen) atoms. The van der Waals surface area contributed by atoms with E-state index >= 15 is 0 Å². The van der Waals surface area contributed by atoms with E-state index in [0.717, 1.165) is 33.6 Å². The van der Waals surface area contributed by atoms with E-state index in [1.165, 1.54) is 0 Å². The largest absolute Gasteiger partial charge is 0.308 e. The van der Waals surface area contributed by atoms with Gasteiger partial charge in [-0.1, -0.05) is 58.8 Å². The predicted octanol–water partition coefficient (Wildman–Crippen LogP) is 5.42. The van der Waals surface area contributed by atoms with Gasteiger partial charge in [0.05, 0.1) is 21.7 Å². The lowest BCUT2D eigenvalue weighted by molar-refractivity contribution is 0.566. The molecule has 0 aliphatic carbocycles. The number of nitrogens with one attached hydrogen (secondary N) is 1. The summed E-state index contributed by atoms with van der Waals surface area (Å²) in [5.74, 6) is 0. The number of rotatable bonds is 6. The van der Waals surface area contributed by atoms with E-state index in [-0.39, 0.29) is 15.8 Å². The average molecular weight is 487 g/mol. The lowest BCUT2D eigenvalue weighted by Gasteiger charge is -2.17. The topological polar surface area (TPSA) is 68.2 Å². The fourth-order valence-corrected chi connectivity index (χ4v) is 6.11. The van der Waals surface area contributed by atoms with Crippen molar-refractivity contribution < 1.29 is 8.42 Å². The van der Waals surface area contributed by atoms with Gasteiger partial charge < -0.3 is 0 Å². The van der Waals surface area contributed by atoms with Gasteiger partial charge in [-0.25, -0.2) is 13.1 Å². The maximum atomic E-state index is 13.1. The van der Waals surface area contributed by atoms with Crippen LogP contribution in [0.1, 0.15) is 35.2 Å². The molecule has 8 heteroatoms. The highest BCUT2D eigenvalue weighted by atomic mass is 35.5. The first-order valence-corrected chi connectivity index (χ1v) is 12.8. The van der Waals surface area contributed by atoms with E-state index < -0.39 is 10.0 Å². The summed E-state index contributed by atoms with van der Waals surface area (Å²) in [5.41, 5.74) is 4.69. The number of halogens is 1. The maximum absolute atomic E-state index is 13.1. The zero-order chi connectivity index (χ0) is 23.0. The van der Waals surface area contributed by atoms with Crippen molar-refractivity contribution in [2.24, 2.45) is 0 Å². The molecule has 5 nitrogen and oxygen atoms in total. The van der Waals surface area contributed by atoms with Gasteiger partial charge >= 0.3 is 4.87 Å². The SMILES string of the molecule is Cc1ccc(C)c(C(C)NS(=O)(=O)c2ccc3c(c2)sc(=O)n3Cc2ccc(Cl)cc2)c1. The number of aryl methyl sites for hydroxylation is 2. The van der Waals surface area contributed by atoms with Crippen molar-refractivity contribution in [2.75, 3.05) is 0 Å². The van der Waals surface area contributed by atoms with Crippen molar-refractivity contribution >= 4 is 43.2 Å². The molecule has 166 valence electrons. The van der Waals surface area contributed by atoms with Crippen LogP contribution in [-0.4, -0.2) is 13.0 Å². The number of nitrogens with zero attached hydrogens (tertiary/aromatic N) is 1. The molecule has 0 saturated carbocycles. The molecular formula is C24H23ClN2O3S2. The number of aromatic nitrogens is 1. The van der Waals surface area contributed by atoms with E-state index in [2.05, 4.69) is 4.72 Å². The Labute approximate surface area is 196 Å². The monoisotopic (exact) mass is 486 g/mol. The highest BCUT2D eigenvalue weighted by molar-refractivity contribution is 7.89. The molecule has 4 rings (SSSR count). The first kappa shape index (κ1) is 22.7. The predicted molar refractivity (Wildman–Crippen MR) is 131 cm³/mol. The number of hydrogen-bond donors (Lipinski definition) is 1. The van der Waals surface area contributed by atoms with Gasteiger partial charge in [-0.05, 0) is 67.8 Å². The summed E-state index contributed by atoms with van der Waals surface area (Å²) in [6, 6.07) is 17.7. The lowest BCUT2D eigenvalue weighted by Crippen LogP contribution is -2.27. The van der Waals surface area contributed by atoms with Crippen LogP contribution in [0.3, 0.4) is 0 Å². The molecule has 1 atom stereocenters. The fourth-order valence-electron chi connectivity index (χ4n) is 3.73. The molecule has 0 aliphatic rings. The Balaban J connectivity index is 1.64. The van der Waals surface area contributed by atoms with Crippen LogP contribution < -0.4 is 9.60 Å². The summed E-state index contributed by atoms with van der Waals surface area (Å²) in [4.78, 5) is 12.6. The fraction of sp³-hybridized carbons (Fsp3) is 0.208. The van der Waals surface area contributed by atoms with Gasteiger partial charge in [0, 0.05) is 11.1 Å². The molecule has 0 bridgehead atoms. The Morgan fingerprint density at radius 3 is 2.47 bits per heavy atom. The number of hydrogen-bond acceptors (Lipinski definition) is 4. The minimum Gasteiger partial charge on any atom is -0.294 e. The molecule has 3 aromatic carbocycles. The molecule has 1 heterocycles. The minimum absolute atomic E-state index is 0.138. The first-order chi connectivity index (χ1) is 15.1. The van der Waals surface area contributed by atoms with Crippen LogP contribution in [0.2, 0.25) is 5.02 Å². The van der Waals surface area contributed by atoms with Crippen molar-refractivity contribution in [1.82, 2.24) is 9.29 Å². The van der Waals surface area contributed by atoms with E-state index in [0.29, 0.717) is 21.8 Å². The third-order valence-electron chi connectivity index (χ3n) is 5.44. The Morgan fingerprint density at radius 2 is 1.75 bits per heavy atom. The van der Waals surface area contributed by atoms with Crippen LogP contribution in [0.5, 0.6) is 0 Å². The zero-order valence-electron chi connectivity index (χ0n) is 17.9. The van der Waals surface area contributed by atoms with Crippen molar-refractivity contribution in [3.8, 4) is 0 Å². The van der Waals surface area contributed by atoms with Gasteiger partial charge in [-0.2, -0.15) is 0 Å². The van der Waals surface area contributed by atoms with Gasteiger partial charge in [-0.15, -0.1) is 0 Å². The summed E-state index contributed by atoms with van der Waals surface area (Å²) in [6.07, 6.45) is 0. The van der Waals surface area contributed by atoms with E-state index in [4.69, 9.17) is 11.6 Å². The van der Waals surface area contributed by atoms with Gasteiger partial charge in [0.25, 0.3) is 0 Å². The summed E-state index contributed by atoms with van der Waals surface area (Å²) in [7, 11) is -3.77. The Bertz CT molecular complexity index is 1460. The molecular weight excluding hydrogens is 464 g/mol. The molecule has 0 aliphatic heterocycles. The van der Waals surface area contributed by atoms with Crippen molar-refractivity contribution in [1.29, 1.82) is 0 Å². The van der Waals surface area contributed by atoms with Crippen molar-refractivity contribution in [2.45, 2.75) is 38.3 Å². The average Bonchev–Trinajstić information content (AvgIpc) is 3.05. The highest BCUT2D eigenvalue weighted by Gasteiger charge is 2.21. The zero-order valence-corrected chi connectivity index (χ0v) is 20.3. The molecule has 0 spiro atoms. The normalized spacial score (nSPS) is 12.9. The van der Waals surface area contributed by atoms with E-state index in [1.807, 2.05) is 51.1 Å². The van der Waals surface area contributed by atoms with Crippen LogP contribution in [0, 0.1) is 13.8 Å². The van der Waals surface area contributed by atoms with E-state index in [1.54, 1.807) is 34.9 Å². The van der Waals surface area contributed by atoms with Crippen LogP contribution in [-0.2, 0) is 16.6 Å². The van der Waals surface area contributed by atoms with Gasteiger partial charge in [-0.3, -0.25) is 9.36 Å². The summed E-state index contributed by atoms with van der Waals surface area (Å²) < 4.78 is 31.2. The molecule has 0 radical (unpaired) electrons. The van der Waals surface area contributed by atoms with Crippen molar-refractivity contribution in [3.05, 3.63) is 97.6 Å². The Morgan fingerprint density at radius 1 is 1.03 bits per heavy atom. The van der Waals surface area contributed by atoms with Crippen LogP contribution >= 0.6 is 22.9 Å². The van der Waals surface area contributed by atoms with Crippen molar-refractivity contribution in [3.63, 3.8) is 0 Å². The van der Waals surface area contributed by atoms with Crippen LogP contribution in [0.25, 0.3) is 10.2 Å². The molecule has 0 saturated heterocycles. The third kappa shape index (κ3) is 4.66. The number of benzene rings is 3. The quantitative estimate of drug-likeness (QED) is 0.395. The molecule has 1 unspecified atom stereocenters. The Hall–Kier alpha value is -2.45. The molecule has 1 aromatic heterocycles. The second kappa shape index (κ2) is 8.83. The smallest absolute Gasteiger partial charge is 0.294 e. The molecule has 0 amide bonds. The van der Waals surface area contributed by atoms with Gasteiger partial charge in [0.15, 0.2) is 0 Å². The van der Waals surface area contributed by atoms with E-state index in [9.17, 15) is 13.2 Å². The highest BCUT2D eigenvalue weighted by Crippen LogP contribution is 2.25. The summed E-state index contributed by atoms with van der Waals surface area (Å²) in [5, 5.41) is 0.633. The van der Waals surface area contributed by atoms with Crippen LogP contribution in [0.4, 0.5) is 0 Å². The molecule has 0 fully saturated rings. The maximum Gasteiger partial charge on any atom is 0.308 e. The molecule has 4 aromatic rings. The minimum atomic E-state index is -3.77. The van der Waals surface area contributed by atoms with Crippen LogP contribution in [0.15, 0.2) is 70.4 Å². The summed E-state index contributed by atoms with van der Waals surface area (Å²) >= 11 is 6.98. The Kier molecular flexibility index (Phi) is 6.27. The standard InChI is InChI=1S/C24H23ClN2O3S2/c1-15-4-5-16(2)21(12-15)17(3)26-32(29,30)20-10-11-22-23(13-20)31-24(28)27(22)14-18-6-8-19(25)9-7-18/h4-13,17,26H,14H2,1-3H3. The number of thiazole rings is 1. The second-order valence-corrected chi connectivity index (χ2v) is 11.1. The van der Waals surface area contributed by atoms with Gasteiger partial charge in [0.2, 0.25) is 10.0 Å². The number of fused-ring (bicyclic) bond motifs is 1. The summed E-state index contributed by atoms with van der Waals surface area (Å²) in [6.45, 7) is 6.17. The third-order valence-corrected chi connectivity index (χ3v) is 8.17. The lowest BCUT2D eigenvalue weighted by atomic mass is 10.0. The van der Waals surface area contributed by atoms with Gasteiger partial charge in [0.1, 0.15) is 0 Å².